The van der Waals surface area contributed by atoms with Gasteiger partial charge in [0, 0.05) is 28.6 Å². The first-order valence-corrected chi connectivity index (χ1v) is 11.1. The number of benzene rings is 4. The van der Waals surface area contributed by atoms with Gasteiger partial charge in [-0.1, -0.05) is 84.9 Å². The van der Waals surface area contributed by atoms with Crippen LogP contribution in [-0.2, 0) is 15.1 Å². The highest BCUT2D eigenvalue weighted by Gasteiger charge is 2.56. The summed E-state index contributed by atoms with van der Waals surface area (Å²) in [6.07, 6.45) is 3.79. The van der Waals surface area contributed by atoms with Gasteiger partial charge in [-0.3, -0.25) is 4.79 Å². The Morgan fingerprint density at radius 2 is 1.55 bits per heavy atom. The number of ether oxygens (including phenoxy) is 1. The average Bonchev–Trinajstić information content (AvgIpc) is 3.16. The van der Waals surface area contributed by atoms with Gasteiger partial charge in [-0.15, -0.1) is 0 Å². The Bertz CT molecular complexity index is 1460. The Balaban J connectivity index is 1.47. The Labute approximate surface area is 191 Å². The van der Waals surface area contributed by atoms with E-state index in [4.69, 9.17) is 4.74 Å². The fraction of sp³-hybridized carbons (Fsp3) is 0.0690. The van der Waals surface area contributed by atoms with Gasteiger partial charge in [0.25, 0.3) is 5.91 Å². The summed E-state index contributed by atoms with van der Waals surface area (Å²) in [4.78, 5) is 15.7. The van der Waals surface area contributed by atoms with Gasteiger partial charge in [-0.25, -0.2) is 0 Å². The highest BCUT2D eigenvalue weighted by molar-refractivity contribution is 6.08. The van der Waals surface area contributed by atoms with Crippen LogP contribution in [0.1, 0.15) is 28.5 Å². The van der Waals surface area contributed by atoms with E-state index in [0.717, 1.165) is 44.8 Å². The second kappa shape index (κ2) is 6.67. The monoisotopic (exact) mass is 428 g/mol. The molecule has 3 aliphatic rings. The van der Waals surface area contributed by atoms with E-state index in [1.54, 1.807) is 0 Å². The van der Waals surface area contributed by atoms with E-state index < -0.39 is 11.8 Å². The minimum absolute atomic E-state index is 0.147. The minimum atomic E-state index is -1.19. The quantitative estimate of drug-likeness (QED) is 0.400. The number of para-hydroxylation sites is 2. The molecule has 4 aromatic rings. The van der Waals surface area contributed by atoms with Crippen LogP contribution in [0.5, 0.6) is 0 Å². The van der Waals surface area contributed by atoms with Crippen LogP contribution < -0.4 is 10.2 Å². The van der Waals surface area contributed by atoms with E-state index in [0.29, 0.717) is 0 Å². The van der Waals surface area contributed by atoms with Gasteiger partial charge in [0.1, 0.15) is 0 Å². The highest BCUT2D eigenvalue weighted by atomic mass is 16.5. The lowest BCUT2D eigenvalue weighted by molar-refractivity contribution is -0.145. The van der Waals surface area contributed by atoms with Gasteiger partial charge in [0.2, 0.25) is 5.60 Å². The molecule has 0 aromatic heterocycles. The first kappa shape index (κ1) is 18.4. The Morgan fingerprint density at radius 1 is 0.788 bits per heavy atom. The standard InChI is InChI=1S/C29H20N2O2/c32-28-29(23-13-4-6-15-25(23)30-28)24-14-5-7-16-26(24)31-18-17-21-20(19-9-2-1-3-10-19)11-8-12-22(21)27(31)33-29/h1-18,27H,(H,30,32)/t27-,29?/m1/s1. The molecule has 1 amide bonds. The molecule has 0 radical (unpaired) electrons. The van der Waals surface area contributed by atoms with Crippen LogP contribution in [0.4, 0.5) is 11.4 Å². The maximum atomic E-state index is 13.6. The fourth-order valence-corrected chi connectivity index (χ4v) is 5.41. The van der Waals surface area contributed by atoms with Crippen molar-refractivity contribution in [1.82, 2.24) is 0 Å². The largest absolute Gasteiger partial charge is 0.328 e. The minimum Gasteiger partial charge on any atom is -0.328 e. The Kier molecular flexibility index (Phi) is 3.73. The molecule has 33 heavy (non-hydrogen) atoms. The maximum absolute atomic E-state index is 13.6. The number of hydrogen-bond acceptors (Lipinski definition) is 3. The van der Waals surface area contributed by atoms with Crippen molar-refractivity contribution in [2.45, 2.75) is 11.8 Å². The van der Waals surface area contributed by atoms with E-state index in [1.165, 1.54) is 0 Å². The van der Waals surface area contributed by atoms with E-state index in [1.807, 2.05) is 48.5 Å². The van der Waals surface area contributed by atoms with Crippen molar-refractivity contribution < 1.29 is 9.53 Å². The molecule has 1 N–H and O–H groups in total. The lowest BCUT2D eigenvalue weighted by atomic mass is 9.82. The third-order valence-electron chi connectivity index (χ3n) is 6.87. The van der Waals surface area contributed by atoms with Gasteiger partial charge in [0.05, 0.1) is 5.69 Å². The van der Waals surface area contributed by atoms with E-state index in [-0.39, 0.29) is 5.91 Å². The predicted molar refractivity (Wildman–Crippen MR) is 130 cm³/mol. The van der Waals surface area contributed by atoms with Crippen LogP contribution in [-0.4, -0.2) is 5.91 Å². The smallest absolute Gasteiger partial charge is 0.266 e. The molecular weight excluding hydrogens is 408 g/mol. The van der Waals surface area contributed by atoms with Crippen molar-refractivity contribution in [2.75, 3.05) is 10.2 Å². The second-order valence-electron chi connectivity index (χ2n) is 8.57. The zero-order chi connectivity index (χ0) is 22.0. The number of nitrogens with one attached hydrogen (secondary N) is 1. The number of nitrogens with zero attached hydrogens (tertiary/aromatic N) is 1. The Morgan fingerprint density at radius 3 is 2.42 bits per heavy atom. The van der Waals surface area contributed by atoms with Crippen LogP contribution in [0.3, 0.4) is 0 Å². The summed E-state index contributed by atoms with van der Waals surface area (Å²) in [5.74, 6) is -0.147. The number of amides is 1. The summed E-state index contributed by atoms with van der Waals surface area (Å²) in [5.41, 5.74) is 6.77. The molecule has 158 valence electrons. The molecule has 4 heteroatoms. The SMILES string of the molecule is O=C1Nc2ccccc2C12O[C@@H]1c3cccc(-c4ccccc4)c3C=CN1c1ccccc12. The highest BCUT2D eigenvalue weighted by Crippen LogP contribution is 2.55. The number of rotatable bonds is 1. The molecule has 7 rings (SSSR count). The molecule has 0 fully saturated rings. The molecule has 3 heterocycles. The zero-order valence-electron chi connectivity index (χ0n) is 17.7. The Hall–Kier alpha value is -4.15. The molecule has 0 saturated heterocycles. The maximum Gasteiger partial charge on any atom is 0.266 e. The van der Waals surface area contributed by atoms with Gasteiger partial charge >= 0.3 is 0 Å². The lowest BCUT2D eigenvalue weighted by Gasteiger charge is -2.46. The fourth-order valence-electron chi connectivity index (χ4n) is 5.41. The molecule has 3 aliphatic heterocycles. The van der Waals surface area contributed by atoms with Crippen LogP contribution in [0.15, 0.2) is 103 Å². The van der Waals surface area contributed by atoms with E-state index in [2.05, 4.69) is 71.0 Å². The third-order valence-corrected chi connectivity index (χ3v) is 6.87. The molecule has 0 aliphatic carbocycles. The summed E-state index contributed by atoms with van der Waals surface area (Å²) >= 11 is 0. The van der Waals surface area contributed by atoms with Gasteiger partial charge in [0.15, 0.2) is 6.23 Å². The van der Waals surface area contributed by atoms with Crippen LogP contribution in [0, 0.1) is 0 Å². The van der Waals surface area contributed by atoms with Crippen molar-refractivity contribution in [1.29, 1.82) is 0 Å². The first-order chi connectivity index (χ1) is 16.3. The van der Waals surface area contributed by atoms with Crippen molar-refractivity contribution >= 4 is 23.4 Å². The van der Waals surface area contributed by atoms with Crippen LogP contribution in [0.25, 0.3) is 17.2 Å². The van der Waals surface area contributed by atoms with Crippen molar-refractivity contribution in [3.05, 3.63) is 126 Å². The summed E-state index contributed by atoms with van der Waals surface area (Å²) in [5, 5.41) is 3.06. The zero-order valence-corrected chi connectivity index (χ0v) is 17.7. The van der Waals surface area contributed by atoms with E-state index in [9.17, 15) is 4.79 Å². The molecule has 1 spiro atoms. The number of carbonyl (C=O) groups excluding carboxylic acids is 1. The summed E-state index contributed by atoms with van der Waals surface area (Å²) in [6, 6.07) is 32.5. The molecule has 4 nitrogen and oxygen atoms in total. The van der Waals surface area contributed by atoms with Gasteiger partial charge in [-0.2, -0.15) is 0 Å². The number of carbonyl (C=O) groups is 1. The average molecular weight is 428 g/mol. The third kappa shape index (κ3) is 2.41. The van der Waals surface area contributed by atoms with Crippen molar-refractivity contribution in [2.24, 2.45) is 0 Å². The topological polar surface area (TPSA) is 41.6 Å². The van der Waals surface area contributed by atoms with Gasteiger partial charge < -0.3 is 15.0 Å². The lowest BCUT2D eigenvalue weighted by Crippen LogP contribution is -2.48. The van der Waals surface area contributed by atoms with Crippen LogP contribution in [0.2, 0.25) is 0 Å². The summed E-state index contributed by atoms with van der Waals surface area (Å²) in [7, 11) is 0. The summed E-state index contributed by atoms with van der Waals surface area (Å²) < 4.78 is 6.88. The molecular formula is C29H20N2O2. The molecule has 0 saturated carbocycles. The number of fused-ring (bicyclic) bond motifs is 8. The normalized spacial score (nSPS) is 21.8. The first-order valence-electron chi connectivity index (χ1n) is 11.1. The summed E-state index contributed by atoms with van der Waals surface area (Å²) in [6.45, 7) is 0. The number of anilines is 2. The molecule has 4 aromatic carbocycles. The van der Waals surface area contributed by atoms with E-state index >= 15 is 0 Å². The molecule has 1 unspecified atom stereocenters. The predicted octanol–water partition coefficient (Wildman–Crippen LogP) is 6.07. The van der Waals surface area contributed by atoms with Crippen molar-refractivity contribution in [3.8, 4) is 11.1 Å². The number of hydrogen-bond donors (Lipinski definition) is 1. The van der Waals surface area contributed by atoms with Crippen LogP contribution >= 0.6 is 0 Å². The molecule has 0 bridgehead atoms. The molecule has 2 atom stereocenters. The van der Waals surface area contributed by atoms with Gasteiger partial charge in [-0.05, 0) is 34.9 Å². The van der Waals surface area contributed by atoms with Crippen molar-refractivity contribution in [3.63, 3.8) is 0 Å². The second-order valence-corrected chi connectivity index (χ2v) is 8.57.